The number of ether oxygens (including phenoxy) is 1. The quantitative estimate of drug-likeness (QED) is 0.723. The van der Waals surface area contributed by atoms with Gasteiger partial charge >= 0.3 is 0 Å². The summed E-state index contributed by atoms with van der Waals surface area (Å²) in [4.78, 5) is 3.99. The summed E-state index contributed by atoms with van der Waals surface area (Å²) >= 11 is 3.39. The molecule has 0 saturated carbocycles. The molecular weight excluding hydrogens is 326 g/mol. The van der Waals surface area contributed by atoms with E-state index in [1.54, 1.807) is 7.11 Å². The van der Waals surface area contributed by atoms with E-state index in [1.807, 2.05) is 11.3 Å². The topological polar surface area (TPSA) is 38.3 Å². The van der Waals surface area contributed by atoms with E-state index in [9.17, 15) is 0 Å². The van der Waals surface area contributed by atoms with Crippen LogP contribution in [-0.4, -0.2) is 28.8 Å². The Morgan fingerprint density at radius 3 is 2.87 bits per heavy atom. The molecule has 118 valence electrons. The fourth-order valence-electron chi connectivity index (χ4n) is 3.12. The maximum absolute atomic E-state index is 5.17. The molecule has 0 N–H and O–H groups in total. The van der Waals surface area contributed by atoms with Crippen LogP contribution in [0.3, 0.4) is 0 Å². The predicted octanol–water partition coefficient (Wildman–Crippen LogP) is 3.76. The zero-order valence-corrected chi connectivity index (χ0v) is 14.4. The third-order valence-electron chi connectivity index (χ3n) is 4.14. The van der Waals surface area contributed by atoms with Gasteiger partial charge in [0.1, 0.15) is 5.01 Å². The van der Waals surface area contributed by atoms with Crippen molar-refractivity contribution in [2.45, 2.75) is 19.0 Å². The van der Waals surface area contributed by atoms with Gasteiger partial charge in [-0.25, -0.2) is 0 Å². The van der Waals surface area contributed by atoms with E-state index in [1.165, 1.54) is 27.3 Å². The lowest BCUT2D eigenvalue weighted by atomic mass is 9.93. The van der Waals surface area contributed by atoms with E-state index >= 15 is 0 Å². The van der Waals surface area contributed by atoms with Crippen molar-refractivity contribution in [2.75, 3.05) is 13.7 Å². The van der Waals surface area contributed by atoms with Crippen molar-refractivity contribution in [1.29, 1.82) is 0 Å². The van der Waals surface area contributed by atoms with Crippen LogP contribution in [0, 0.1) is 0 Å². The highest BCUT2D eigenvalue weighted by molar-refractivity contribution is 7.13. The molecule has 0 bridgehead atoms. The monoisotopic (exact) mass is 343 g/mol. The summed E-state index contributed by atoms with van der Waals surface area (Å²) in [7, 11) is 1.63. The van der Waals surface area contributed by atoms with Gasteiger partial charge in [-0.1, -0.05) is 41.7 Å². The average molecular weight is 343 g/mol. The first-order valence-electron chi connectivity index (χ1n) is 7.57. The number of methoxy groups -OCH3 is 1. The van der Waals surface area contributed by atoms with Crippen molar-refractivity contribution >= 4 is 22.7 Å². The molecule has 1 aliphatic heterocycles. The fraction of sp³-hybridized carbons (Fsp3) is 0.294. The van der Waals surface area contributed by atoms with E-state index in [4.69, 9.17) is 4.74 Å². The van der Waals surface area contributed by atoms with E-state index in [2.05, 4.69) is 56.9 Å². The minimum absolute atomic E-state index is 0.293. The van der Waals surface area contributed by atoms with Crippen LogP contribution in [0.25, 0.3) is 0 Å². The van der Waals surface area contributed by atoms with Crippen LogP contribution in [0.2, 0.25) is 0 Å². The van der Waals surface area contributed by atoms with Crippen molar-refractivity contribution in [3.8, 4) is 5.19 Å². The zero-order chi connectivity index (χ0) is 15.6. The molecule has 2 aromatic heterocycles. The van der Waals surface area contributed by atoms with Crippen molar-refractivity contribution < 1.29 is 4.74 Å². The number of hydrogen-bond donors (Lipinski definition) is 0. The second-order valence-corrected chi connectivity index (χ2v) is 7.52. The standard InChI is InChI=1S/C17H17N3OS2/c1-21-17-19-18-15(23-17)11-20-9-7-14-13(8-10-22-14)16(20)12-5-3-2-4-6-12/h2-6,8,10,16H,7,9,11H2,1H3/t16-/m1/s1. The van der Waals surface area contributed by atoms with Crippen molar-refractivity contribution in [2.24, 2.45) is 0 Å². The summed E-state index contributed by atoms with van der Waals surface area (Å²) in [5.74, 6) is 0. The molecule has 0 fully saturated rings. The number of fused-ring (bicyclic) bond motifs is 1. The summed E-state index contributed by atoms with van der Waals surface area (Å²) in [5, 5.41) is 12.1. The molecule has 0 radical (unpaired) electrons. The van der Waals surface area contributed by atoms with Gasteiger partial charge in [0.05, 0.1) is 19.7 Å². The Morgan fingerprint density at radius 1 is 1.22 bits per heavy atom. The summed E-state index contributed by atoms with van der Waals surface area (Å²) in [5.41, 5.74) is 2.77. The van der Waals surface area contributed by atoms with Crippen LogP contribution in [0.1, 0.15) is 27.1 Å². The molecule has 0 aliphatic carbocycles. The van der Waals surface area contributed by atoms with Crippen LogP contribution < -0.4 is 4.74 Å². The molecule has 3 aromatic rings. The Morgan fingerprint density at radius 2 is 2.09 bits per heavy atom. The minimum atomic E-state index is 0.293. The Bertz CT molecular complexity index is 784. The highest BCUT2D eigenvalue weighted by Gasteiger charge is 2.30. The molecule has 6 heteroatoms. The lowest BCUT2D eigenvalue weighted by Crippen LogP contribution is -2.34. The molecule has 1 aliphatic rings. The second-order valence-electron chi connectivity index (χ2n) is 5.50. The molecule has 4 rings (SSSR count). The maximum Gasteiger partial charge on any atom is 0.293 e. The number of benzene rings is 1. The molecule has 0 saturated heterocycles. The zero-order valence-electron chi connectivity index (χ0n) is 12.8. The lowest BCUT2D eigenvalue weighted by Gasteiger charge is -2.35. The van der Waals surface area contributed by atoms with Crippen LogP contribution in [0.5, 0.6) is 5.19 Å². The molecule has 1 aromatic carbocycles. The molecule has 0 unspecified atom stereocenters. The Hall–Kier alpha value is -1.76. The van der Waals surface area contributed by atoms with E-state index in [0.29, 0.717) is 11.2 Å². The molecule has 0 amide bonds. The average Bonchev–Trinajstić information content (AvgIpc) is 3.24. The Kier molecular flexibility index (Phi) is 4.11. The first-order chi connectivity index (χ1) is 11.3. The summed E-state index contributed by atoms with van der Waals surface area (Å²) in [6.45, 7) is 1.84. The fourth-order valence-corrected chi connectivity index (χ4v) is 4.71. The van der Waals surface area contributed by atoms with Gasteiger partial charge in [0.25, 0.3) is 5.19 Å². The molecule has 1 atom stereocenters. The van der Waals surface area contributed by atoms with E-state index < -0.39 is 0 Å². The third kappa shape index (κ3) is 2.89. The van der Waals surface area contributed by atoms with Gasteiger partial charge in [0, 0.05) is 11.4 Å². The van der Waals surface area contributed by atoms with Gasteiger partial charge in [-0.2, -0.15) is 0 Å². The summed E-state index contributed by atoms with van der Waals surface area (Å²) < 4.78 is 5.17. The summed E-state index contributed by atoms with van der Waals surface area (Å²) in [6, 6.07) is 13.3. The number of rotatable bonds is 4. The molecule has 0 spiro atoms. The number of nitrogens with zero attached hydrogens (tertiary/aromatic N) is 3. The Balaban J connectivity index is 1.67. The van der Waals surface area contributed by atoms with Crippen LogP contribution in [-0.2, 0) is 13.0 Å². The normalized spacial score (nSPS) is 17.9. The summed E-state index contributed by atoms with van der Waals surface area (Å²) in [6.07, 6.45) is 1.10. The van der Waals surface area contributed by atoms with Gasteiger partial charge < -0.3 is 4.74 Å². The number of aromatic nitrogens is 2. The number of hydrogen-bond acceptors (Lipinski definition) is 6. The first-order valence-corrected chi connectivity index (χ1v) is 9.26. The minimum Gasteiger partial charge on any atom is -0.472 e. The molecule has 4 nitrogen and oxygen atoms in total. The van der Waals surface area contributed by atoms with Gasteiger partial charge in [-0.15, -0.1) is 21.5 Å². The first kappa shape index (κ1) is 14.8. The number of thiophene rings is 1. The molecule has 3 heterocycles. The SMILES string of the molecule is COc1nnc(CN2CCc3sccc3[C@H]2c2ccccc2)s1. The van der Waals surface area contributed by atoms with Crippen LogP contribution >= 0.6 is 22.7 Å². The Labute approximate surface area is 143 Å². The van der Waals surface area contributed by atoms with Crippen LogP contribution in [0.15, 0.2) is 41.8 Å². The highest BCUT2D eigenvalue weighted by atomic mass is 32.1. The second kappa shape index (κ2) is 6.39. The van der Waals surface area contributed by atoms with E-state index in [-0.39, 0.29) is 0 Å². The van der Waals surface area contributed by atoms with E-state index in [0.717, 1.165) is 24.5 Å². The molecule has 23 heavy (non-hydrogen) atoms. The van der Waals surface area contributed by atoms with Gasteiger partial charge in [-0.3, -0.25) is 4.90 Å². The smallest absolute Gasteiger partial charge is 0.293 e. The highest BCUT2D eigenvalue weighted by Crippen LogP contribution is 2.38. The lowest BCUT2D eigenvalue weighted by molar-refractivity contribution is 0.205. The molecular formula is C17H17N3OS2. The van der Waals surface area contributed by atoms with Crippen molar-refractivity contribution in [3.05, 3.63) is 62.8 Å². The van der Waals surface area contributed by atoms with Crippen molar-refractivity contribution in [1.82, 2.24) is 15.1 Å². The maximum atomic E-state index is 5.17. The predicted molar refractivity (Wildman–Crippen MR) is 93.2 cm³/mol. The van der Waals surface area contributed by atoms with Crippen molar-refractivity contribution in [3.63, 3.8) is 0 Å². The third-order valence-corrected chi connectivity index (χ3v) is 6.01. The largest absolute Gasteiger partial charge is 0.472 e. The van der Waals surface area contributed by atoms with Crippen LogP contribution in [0.4, 0.5) is 0 Å². The van der Waals surface area contributed by atoms with Gasteiger partial charge in [0.15, 0.2) is 0 Å². The van der Waals surface area contributed by atoms with Gasteiger partial charge in [-0.05, 0) is 29.0 Å². The van der Waals surface area contributed by atoms with Gasteiger partial charge in [0.2, 0.25) is 0 Å².